The van der Waals surface area contributed by atoms with E-state index in [1.165, 1.54) is 24.3 Å². The molecule has 2 rings (SSSR count). The summed E-state index contributed by atoms with van der Waals surface area (Å²) in [6.45, 7) is 1.57. The highest BCUT2D eigenvalue weighted by molar-refractivity contribution is 7.92. The van der Waals surface area contributed by atoms with Crippen molar-refractivity contribution in [3.63, 3.8) is 0 Å². The maximum absolute atomic E-state index is 11.7. The molecule has 0 spiro atoms. The molecule has 21 heavy (non-hydrogen) atoms. The Balaban J connectivity index is 1.97. The van der Waals surface area contributed by atoms with Gasteiger partial charge in [-0.25, -0.2) is 23.1 Å². The zero-order valence-electron chi connectivity index (χ0n) is 11.6. The van der Waals surface area contributed by atoms with Gasteiger partial charge in [0, 0.05) is 19.0 Å². The highest BCUT2D eigenvalue weighted by Crippen LogP contribution is 2.04. The average molecular weight is 309 g/mol. The van der Waals surface area contributed by atoms with Gasteiger partial charge < -0.3 is 5.32 Å². The van der Waals surface area contributed by atoms with E-state index in [0.717, 1.165) is 11.8 Å². The Morgan fingerprint density at radius 1 is 1.43 bits per heavy atom. The molecule has 2 aromatic heterocycles. The predicted molar refractivity (Wildman–Crippen MR) is 75.3 cm³/mol. The van der Waals surface area contributed by atoms with E-state index in [9.17, 15) is 13.2 Å². The normalized spacial score (nSPS) is 12.9. The third-order valence-electron chi connectivity index (χ3n) is 2.94. The fourth-order valence-electron chi connectivity index (χ4n) is 1.51. The first-order chi connectivity index (χ1) is 9.88. The van der Waals surface area contributed by atoms with Gasteiger partial charge in [0.25, 0.3) is 0 Å². The van der Waals surface area contributed by atoms with E-state index in [-0.39, 0.29) is 6.54 Å². The molecule has 1 N–H and O–H groups in total. The fourth-order valence-corrected chi connectivity index (χ4v) is 1.98. The smallest absolute Gasteiger partial charge is 0.238 e. The molecule has 8 nitrogen and oxygen atoms in total. The number of hydrogen-bond acceptors (Lipinski definition) is 6. The lowest BCUT2D eigenvalue weighted by Crippen LogP contribution is -2.37. The third kappa shape index (κ3) is 3.85. The van der Waals surface area contributed by atoms with Crippen LogP contribution in [0, 0.1) is 0 Å². The van der Waals surface area contributed by atoms with Gasteiger partial charge in [-0.1, -0.05) is 6.07 Å². The molecular formula is C12H15N5O3S. The van der Waals surface area contributed by atoms with E-state index in [0.29, 0.717) is 5.82 Å². The summed E-state index contributed by atoms with van der Waals surface area (Å²) in [7, 11) is -3.39. The molecule has 112 valence electrons. The van der Waals surface area contributed by atoms with Crippen LogP contribution in [0.4, 0.5) is 0 Å². The van der Waals surface area contributed by atoms with Gasteiger partial charge in [0.15, 0.2) is 15.7 Å². The highest BCUT2D eigenvalue weighted by Gasteiger charge is 2.22. The number of rotatable bonds is 5. The van der Waals surface area contributed by atoms with Crippen LogP contribution in [0.15, 0.2) is 31.0 Å². The van der Waals surface area contributed by atoms with Crippen LogP contribution in [-0.2, 0) is 21.2 Å². The molecule has 0 aromatic carbocycles. The Kier molecular flexibility index (Phi) is 4.32. The first-order valence-corrected chi connectivity index (χ1v) is 8.10. The van der Waals surface area contributed by atoms with Gasteiger partial charge in [-0.05, 0) is 18.6 Å². The fraction of sp³-hybridized carbons (Fsp3) is 0.333. The highest BCUT2D eigenvalue weighted by atomic mass is 32.2. The van der Waals surface area contributed by atoms with E-state index >= 15 is 0 Å². The topological polar surface area (TPSA) is 107 Å². The van der Waals surface area contributed by atoms with Gasteiger partial charge >= 0.3 is 0 Å². The van der Waals surface area contributed by atoms with Gasteiger partial charge in [-0.15, -0.1) is 0 Å². The summed E-state index contributed by atoms with van der Waals surface area (Å²) in [5, 5.41) is 5.44. The lowest BCUT2D eigenvalue weighted by atomic mass is 10.2. The molecule has 0 saturated carbocycles. The minimum absolute atomic E-state index is 0.212. The van der Waals surface area contributed by atoms with E-state index in [1.54, 1.807) is 18.3 Å². The maximum atomic E-state index is 11.7. The number of aromatic nitrogens is 4. The standard InChI is InChI=1S/C12H15N5O3S/c1-9(21(2,19)20)12(18)15-6-10-3-4-11(14-5-10)17-8-13-7-16-17/h3-5,7-9H,6H2,1-2H3,(H,15,18)/t9-/m1/s1. The van der Waals surface area contributed by atoms with E-state index in [2.05, 4.69) is 20.4 Å². The van der Waals surface area contributed by atoms with Crippen molar-refractivity contribution in [2.45, 2.75) is 18.7 Å². The van der Waals surface area contributed by atoms with Gasteiger partial charge in [0.1, 0.15) is 17.9 Å². The summed E-state index contributed by atoms with van der Waals surface area (Å²) in [6.07, 6.45) is 5.55. The summed E-state index contributed by atoms with van der Waals surface area (Å²) in [5.41, 5.74) is 0.757. The monoisotopic (exact) mass is 309 g/mol. The molecule has 0 saturated heterocycles. The number of amides is 1. The van der Waals surface area contributed by atoms with Crippen LogP contribution in [0.2, 0.25) is 0 Å². The Bertz CT molecular complexity index is 710. The lowest BCUT2D eigenvalue weighted by molar-refractivity contribution is -0.120. The Hall–Kier alpha value is -2.29. The molecule has 0 aliphatic rings. The summed E-state index contributed by atoms with van der Waals surface area (Å²) in [4.78, 5) is 19.7. The van der Waals surface area contributed by atoms with Gasteiger partial charge in [0.05, 0.1) is 0 Å². The molecule has 1 amide bonds. The maximum Gasteiger partial charge on any atom is 0.238 e. The zero-order valence-corrected chi connectivity index (χ0v) is 12.4. The summed E-state index contributed by atoms with van der Waals surface area (Å²) in [5.74, 6) is 0.0740. The van der Waals surface area contributed by atoms with Crippen molar-refractivity contribution in [1.82, 2.24) is 25.1 Å². The Morgan fingerprint density at radius 2 is 2.19 bits per heavy atom. The number of carbonyl (C=O) groups is 1. The number of sulfone groups is 1. The van der Waals surface area contributed by atoms with Gasteiger partial charge in [-0.2, -0.15) is 5.10 Å². The number of nitrogens with one attached hydrogen (secondary N) is 1. The summed E-state index contributed by atoms with van der Waals surface area (Å²) in [6, 6.07) is 3.51. The molecule has 0 aliphatic heterocycles. The summed E-state index contributed by atoms with van der Waals surface area (Å²) < 4.78 is 24.1. The van der Waals surface area contributed by atoms with Crippen molar-refractivity contribution in [2.24, 2.45) is 0 Å². The number of hydrogen-bond donors (Lipinski definition) is 1. The molecule has 9 heteroatoms. The average Bonchev–Trinajstić information content (AvgIpc) is 2.97. The van der Waals surface area contributed by atoms with E-state index < -0.39 is 21.0 Å². The SMILES string of the molecule is C[C@H](C(=O)NCc1ccc(-n2cncn2)nc1)S(C)(=O)=O. The molecule has 0 unspecified atom stereocenters. The zero-order chi connectivity index (χ0) is 15.5. The van der Waals surface area contributed by atoms with Crippen molar-refractivity contribution in [1.29, 1.82) is 0 Å². The van der Waals surface area contributed by atoms with Crippen LogP contribution in [-0.4, -0.2) is 45.6 Å². The first kappa shape index (κ1) is 15.1. The first-order valence-electron chi connectivity index (χ1n) is 6.14. The van der Waals surface area contributed by atoms with Crippen LogP contribution in [0.5, 0.6) is 0 Å². The van der Waals surface area contributed by atoms with E-state index in [4.69, 9.17) is 0 Å². The second-order valence-electron chi connectivity index (χ2n) is 4.55. The Morgan fingerprint density at radius 3 is 2.71 bits per heavy atom. The molecular weight excluding hydrogens is 294 g/mol. The largest absolute Gasteiger partial charge is 0.351 e. The predicted octanol–water partition coefficient (Wildman–Crippen LogP) is -0.288. The van der Waals surface area contributed by atoms with Crippen LogP contribution < -0.4 is 5.32 Å². The molecule has 2 heterocycles. The quantitative estimate of drug-likeness (QED) is 0.813. The number of pyridine rings is 1. The van der Waals surface area contributed by atoms with Crippen molar-refractivity contribution in [3.8, 4) is 5.82 Å². The molecule has 0 bridgehead atoms. The molecule has 2 aromatic rings. The van der Waals surface area contributed by atoms with Crippen molar-refractivity contribution >= 4 is 15.7 Å². The molecule has 0 radical (unpaired) electrons. The molecule has 0 fully saturated rings. The van der Waals surface area contributed by atoms with Gasteiger partial charge in [0.2, 0.25) is 5.91 Å². The van der Waals surface area contributed by atoms with Crippen LogP contribution in [0.3, 0.4) is 0 Å². The third-order valence-corrected chi connectivity index (χ3v) is 4.44. The summed E-state index contributed by atoms with van der Waals surface area (Å²) >= 11 is 0. The van der Waals surface area contributed by atoms with Crippen molar-refractivity contribution in [3.05, 3.63) is 36.5 Å². The molecule has 0 aliphatic carbocycles. The van der Waals surface area contributed by atoms with E-state index in [1.807, 2.05) is 0 Å². The van der Waals surface area contributed by atoms with Crippen LogP contribution in [0.1, 0.15) is 12.5 Å². The van der Waals surface area contributed by atoms with Crippen molar-refractivity contribution in [2.75, 3.05) is 6.26 Å². The Labute approximate surface area is 122 Å². The minimum atomic E-state index is -3.39. The van der Waals surface area contributed by atoms with Crippen LogP contribution in [0.25, 0.3) is 5.82 Å². The second-order valence-corrected chi connectivity index (χ2v) is 6.92. The number of carbonyl (C=O) groups excluding carboxylic acids is 1. The minimum Gasteiger partial charge on any atom is -0.351 e. The number of nitrogens with zero attached hydrogens (tertiary/aromatic N) is 4. The lowest BCUT2D eigenvalue weighted by Gasteiger charge is -2.10. The molecule has 1 atom stereocenters. The van der Waals surface area contributed by atoms with Crippen LogP contribution >= 0.6 is 0 Å². The van der Waals surface area contributed by atoms with Gasteiger partial charge in [-0.3, -0.25) is 4.79 Å². The van der Waals surface area contributed by atoms with Crippen molar-refractivity contribution < 1.29 is 13.2 Å². The second kappa shape index (κ2) is 6.00.